The Hall–Kier alpha value is -6.64. The molecule has 244 valence electrons. The van der Waals surface area contributed by atoms with Crippen molar-refractivity contribution >= 4 is 87.2 Å². The molecule has 1 aliphatic carbocycles. The van der Waals surface area contributed by atoms with Gasteiger partial charge in [-0.25, -0.2) is 0 Å². The highest BCUT2D eigenvalue weighted by molar-refractivity contribution is 6.40. The third-order valence-corrected chi connectivity index (χ3v) is 11.0. The number of hydrogen-bond donors (Lipinski definition) is 0. The van der Waals surface area contributed by atoms with Gasteiger partial charge in [-0.2, -0.15) is 0 Å². The molecule has 0 spiro atoms. The summed E-state index contributed by atoms with van der Waals surface area (Å²) in [6.07, 6.45) is 8.76. The largest absolute Gasteiger partial charge is 0.456 e. The molecular formula is C50H33NO. The summed E-state index contributed by atoms with van der Waals surface area (Å²) in [5, 5.41) is 15.1. The maximum atomic E-state index is 6.34. The van der Waals surface area contributed by atoms with Crippen LogP contribution in [0.1, 0.15) is 12.8 Å². The van der Waals surface area contributed by atoms with Crippen molar-refractivity contribution in [1.29, 1.82) is 0 Å². The molecule has 2 nitrogen and oxygen atoms in total. The van der Waals surface area contributed by atoms with Crippen LogP contribution in [0.25, 0.3) is 86.9 Å². The van der Waals surface area contributed by atoms with E-state index in [1.807, 2.05) is 6.07 Å². The molecule has 0 atom stereocenters. The first-order valence-electron chi connectivity index (χ1n) is 18.2. The van der Waals surface area contributed by atoms with Gasteiger partial charge in [-0.3, -0.25) is 0 Å². The van der Waals surface area contributed by atoms with Crippen LogP contribution in [0.15, 0.2) is 186 Å². The number of nitrogens with zero attached hydrogens (tertiary/aromatic N) is 1. The first-order valence-corrected chi connectivity index (χ1v) is 18.2. The Kier molecular flexibility index (Phi) is 6.41. The summed E-state index contributed by atoms with van der Waals surface area (Å²) in [7, 11) is 0. The number of hydrogen-bond acceptors (Lipinski definition) is 2. The van der Waals surface area contributed by atoms with Gasteiger partial charge >= 0.3 is 0 Å². The topological polar surface area (TPSA) is 16.4 Å². The Balaban J connectivity index is 1.28. The summed E-state index contributed by atoms with van der Waals surface area (Å²) in [6.45, 7) is 0. The molecule has 0 bridgehead atoms. The van der Waals surface area contributed by atoms with Gasteiger partial charge in [0, 0.05) is 27.8 Å². The molecule has 0 N–H and O–H groups in total. The average Bonchev–Trinajstić information content (AvgIpc) is 3.60. The van der Waals surface area contributed by atoms with Crippen LogP contribution in [0.4, 0.5) is 11.4 Å². The number of benzene rings is 9. The number of para-hydroxylation sites is 2. The molecular weight excluding hydrogens is 631 g/mol. The third-order valence-electron chi connectivity index (χ3n) is 11.0. The van der Waals surface area contributed by atoms with Crippen molar-refractivity contribution < 1.29 is 4.42 Å². The fourth-order valence-electron chi connectivity index (χ4n) is 8.82. The zero-order chi connectivity index (χ0) is 34.2. The van der Waals surface area contributed by atoms with Gasteiger partial charge in [0.2, 0.25) is 0 Å². The maximum absolute atomic E-state index is 6.34. The molecule has 10 aromatic rings. The SMILES string of the molecule is C1=CCCC(N(c2ccccc2)c2ccc3c(c2)c2ccc(-c4cccc5oc6ccccc6c45)cc2c2c4ccccc4c4ccccc4c32)=C1. The number of anilines is 2. The molecule has 0 aliphatic heterocycles. The first-order chi connectivity index (χ1) is 25.8. The fourth-order valence-corrected chi connectivity index (χ4v) is 8.82. The van der Waals surface area contributed by atoms with Gasteiger partial charge in [0.25, 0.3) is 0 Å². The zero-order valence-electron chi connectivity index (χ0n) is 28.5. The molecule has 1 aliphatic rings. The van der Waals surface area contributed by atoms with Crippen molar-refractivity contribution in [3.05, 3.63) is 182 Å². The number of rotatable bonds is 4. The van der Waals surface area contributed by atoms with Crippen LogP contribution in [-0.4, -0.2) is 0 Å². The van der Waals surface area contributed by atoms with E-state index >= 15 is 0 Å². The summed E-state index contributed by atoms with van der Waals surface area (Å²) >= 11 is 0. The summed E-state index contributed by atoms with van der Waals surface area (Å²) < 4.78 is 6.34. The quantitative estimate of drug-likeness (QED) is 0.174. The predicted octanol–water partition coefficient (Wildman–Crippen LogP) is 14.4. The van der Waals surface area contributed by atoms with Crippen LogP contribution in [0.3, 0.4) is 0 Å². The molecule has 0 unspecified atom stereocenters. The minimum atomic E-state index is 0.913. The molecule has 0 fully saturated rings. The molecule has 1 heterocycles. The van der Waals surface area contributed by atoms with Gasteiger partial charge in [0.1, 0.15) is 11.2 Å². The molecule has 1 aromatic heterocycles. The second-order valence-electron chi connectivity index (χ2n) is 13.9. The number of furan rings is 1. The van der Waals surface area contributed by atoms with E-state index in [0.29, 0.717) is 0 Å². The van der Waals surface area contributed by atoms with E-state index in [4.69, 9.17) is 4.42 Å². The number of allylic oxidation sites excluding steroid dienone is 4. The van der Waals surface area contributed by atoms with Gasteiger partial charge in [-0.15, -0.1) is 0 Å². The first kappa shape index (κ1) is 29.1. The van der Waals surface area contributed by atoms with Crippen LogP contribution in [0.5, 0.6) is 0 Å². The summed E-state index contributed by atoms with van der Waals surface area (Å²) in [4.78, 5) is 2.44. The van der Waals surface area contributed by atoms with Crippen molar-refractivity contribution in [2.24, 2.45) is 0 Å². The third kappa shape index (κ3) is 4.31. The van der Waals surface area contributed by atoms with Gasteiger partial charge in [0.05, 0.1) is 0 Å². The Labute approximate surface area is 301 Å². The monoisotopic (exact) mass is 663 g/mol. The Morgan fingerprint density at radius 2 is 1.06 bits per heavy atom. The van der Waals surface area contributed by atoms with Gasteiger partial charge in [-0.1, -0.05) is 127 Å². The fraction of sp³-hybridized carbons (Fsp3) is 0.0400. The Morgan fingerprint density at radius 1 is 0.423 bits per heavy atom. The van der Waals surface area contributed by atoms with Crippen molar-refractivity contribution in [1.82, 2.24) is 0 Å². The van der Waals surface area contributed by atoms with Crippen LogP contribution < -0.4 is 4.90 Å². The van der Waals surface area contributed by atoms with E-state index in [2.05, 4.69) is 175 Å². The van der Waals surface area contributed by atoms with Crippen LogP contribution >= 0.6 is 0 Å². The van der Waals surface area contributed by atoms with Crippen LogP contribution in [-0.2, 0) is 0 Å². The van der Waals surface area contributed by atoms with Crippen molar-refractivity contribution in [3.8, 4) is 11.1 Å². The van der Waals surface area contributed by atoms with Crippen LogP contribution in [0.2, 0.25) is 0 Å². The van der Waals surface area contributed by atoms with E-state index in [1.165, 1.54) is 82.1 Å². The van der Waals surface area contributed by atoms with Crippen molar-refractivity contribution in [2.45, 2.75) is 12.8 Å². The Bertz CT molecular complexity index is 3130. The highest BCUT2D eigenvalue weighted by Gasteiger charge is 2.21. The van der Waals surface area contributed by atoms with Crippen molar-refractivity contribution in [2.75, 3.05) is 4.90 Å². The lowest BCUT2D eigenvalue weighted by atomic mass is 9.86. The second-order valence-corrected chi connectivity index (χ2v) is 13.9. The lowest BCUT2D eigenvalue weighted by Crippen LogP contribution is -2.17. The molecule has 0 saturated heterocycles. The Morgan fingerprint density at radius 3 is 1.83 bits per heavy atom. The van der Waals surface area contributed by atoms with Gasteiger partial charge in [0.15, 0.2) is 0 Å². The molecule has 52 heavy (non-hydrogen) atoms. The normalized spacial score (nSPS) is 13.3. The van der Waals surface area contributed by atoms with Gasteiger partial charge < -0.3 is 9.32 Å². The van der Waals surface area contributed by atoms with E-state index in [9.17, 15) is 0 Å². The van der Waals surface area contributed by atoms with Gasteiger partial charge in [-0.05, 0) is 126 Å². The second kappa shape index (κ2) is 11.4. The van der Waals surface area contributed by atoms with E-state index in [0.717, 1.165) is 34.8 Å². The van der Waals surface area contributed by atoms with Crippen LogP contribution in [0, 0.1) is 0 Å². The molecule has 0 amide bonds. The molecule has 0 radical (unpaired) electrons. The van der Waals surface area contributed by atoms with Crippen molar-refractivity contribution in [3.63, 3.8) is 0 Å². The zero-order valence-corrected chi connectivity index (χ0v) is 28.5. The maximum Gasteiger partial charge on any atom is 0.136 e. The van der Waals surface area contributed by atoms with E-state index in [-0.39, 0.29) is 0 Å². The summed E-state index contributed by atoms with van der Waals surface area (Å²) in [5.41, 5.74) is 7.84. The molecule has 2 heteroatoms. The molecule has 11 rings (SSSR count). The minimum Gasteiger partial charge on any atom is -0.456 e. The standard InChI is InChI=1S/C50H33NO/c1-3-14-33(15-4-1)51(34-16-5-2-6-17-34)35-27-29-42-44(31-35)39-28-26-32(36-23-13-25-47-48(36)43-22-11-12-24-46(43)52-47)30-45(39)50-41-21-10-8-19-38(41)37-18-7-9-20-40(37)49(42)50/h1-5,7-16,18-31H,6,17H2. The average molecular weight is 664 g/mol. The summed E-state index contributed by atoms with van der Waals surface area (Å²) in [5.74, 6) is 0. The van der Waals surface area contributed by atoms with E-state index < -0.39 is 0 Å². The molecule has 0 saturated carbocycles. The lowest BCUT2D eigenvalue weighted by molar-refractivity contribution is 0.669. The predicted molar refractivity (Wildman–Crippen MR) is 222 cm³/mol. The highest BCUT2D eigenvalue weighted by Crippen LogP contribution is 2.47. The highest BCUT2D eigenvalue weighted by atomic mass is 16.3. The lowest BCUT2D eigenvalue weighted by Gasteiger charge is -2.29. The number of fused-ring (bicyclic) bond motifs is 14. The van der Waals surface area contributed by atoms with E-state index in [1.54, 1.807) is 0 Å². The summed E-state index contributed by atoms with van der Waals surface area (Å²) in [6, 6.07) is 57.7. The smallest absolute Gasteiger partial charge is 0.136 e. The minimum absolute atomic E-state index is 0.913. The molecule has 9 aromatic carbocycles.